The van der Waals surface area contributed by atoms with Gasteiger partial charge >= 0.3 is 0 Å². The summed E-state index contributed by atoms with van der Waals surface area (Å²) in [6, 6.07) is 25.0. The van der Waals surface area contributed by atoms with Gasteiger partial charge in [-0.2, -0.15) is 5.26 Å². The third-order valence-corrected chi connectivity index (χ3v) is 6.18. The Bertz CT molecular complexity index is 1430. The highest BCUT2D eigenvalue weighted by atomic mass is 32.2. The van der Waals surface area contributed by atoms with Gasteiger partial charge in [0.15, 0.2) is 11.6 Å². The molecule has 0 radical (unpaired) electrons. The zero-order valence-electron chi connectivity index (χ0n) is 19.4. The summed E-state index contributed by atoms with van der Waals surface area (Å²) < 4.78 is 33.5. The summed E-state index contributed by atoms with van der Waals surface area (Å²) in [5.41, 5.74) is 2.68. The molecule has 0 bridgehead atoms. The summed E-state index contributed by atoms with van der Waals surface area (Å²) in [6.07, 6.45) is 0.197. The fraction of sp³-hybridized carbons (Fsp3) is 0.103. The maximum atomic E-state index is 13.9. The number of rotatable bonds is 8. The number of ether oxygens (including phenoxy) is 1. The summed E-state index contributed by atoms with van der Waals surface area (Å²) in [4.78, 5) is 13.8. The van der Waals surface area contributed by atoms with Crippen LogP contribution >= 0.6 is 11.8 Å². The molecule has 4 nitrogen and oxygen atoms in total. The van der Waals surface area contributed by atoms with Crippen molar-refractivity contribution < 1.29 is 18.3 Å². The van der Waals surface area contributed by atoms with E-state index in [-0.39, 0.29) is 12.3 Å². The van der Waals surface area contributed by atoms with Crippen LogP contribution in [-0.2, 0) is 11.2 Å². The molecule has 0 spiro atoms. The van der Waals surface area contributed by atoms with E-state index in [1.54, 1.807) is 54.2 Å². The molecule has 0 aliphatic heterocycles. The Hall–Kier alpha value is -4.15. The lowest BCUT2D eigenvalue weighted by Crippen LogP contribution is -2.14. The molecule has 36 heavy (non-hydrogen) atoms. The Labute approximate surface area is 212 Å². The number of nitriles is 1. The van der Waals surface area contributed by atoms with Crippen molar-refractivity contribution in [1.82, 2.24) is 0 Å². The van der Waals surface area contributed by atoms with Crippen LogP contribution in [0.25, 0.3) is 11.1 Å². The highest BCUT2D eigenvalue weighted by Gasteiger charge is 2.14. The number of benzene rings is 4. The number of amides is 1. The summed E-state index contributed by atoms with van der Waals surface area (Å²) in [5.74, 6) is -0.449. The lowest BCUT2D eigenvalue weighted by atomic mass is 10.0. The largest absolute Gasteiger partial charge is 0.457 e. The van der Waals surface area contributed by atoms with Crippen molar-refractivity contribution in [2.24, 2.45) is 0 Å². The van der Waals surface area contributed by atoms with Crippen LogP contribution in [0.15, 0.2) is 89.8 Å². The van der Waals surface area contributed by atoms with Crippen molar-refractivity contribution in [3.8, 4) is 28.7 Å². The van der Waals surface area contributed by atoms with Gasteiger partial charge in [0.2, 0.25) is 5.91 Å². The van der Waals surface area contributed by atoms with E-state index in [9.17, 15) is 18.8 Å². The standard InChI is InChI=1S/C29H22F2N2O2S/c1-2-36-24-10-6-19(7-11-24)15-29(34)33-22-9-12-25(21-8-13-26(30)27(31)16-21)28(17-22)35-23-5-3-4-20(14-23)18-32/h3-14,16-17H,2,15H2,1H3,(H,33,34). The molecule has 180 valence electrons. The molecule has 0 unspecified atom stereocenters. The number of carbonyl (C=O) groups is 1. The van der Waals surface area contributed by atoms with Crippen molar-refractivity contribution in [3.05, 3.63) is 108 Å². The van der Waals surface area contributed by atoms with Gasteiger partial charge in [-0.1, -0.05) is 31.2 Å². The van der Waals surface area contributed by atoms with Crippen molar-refractivity contribution in [2.45, 2.75) is 18.2 Å². The molecule has 4 aromatic rings. The number of nitrogens with one attached hydrogen (secondary N) is 1. The van der Waals surface area contributed by atoms with E-state index in [1.165, 1.54) is 6.07 Å². The third-order valence-electron chi connectivity index (χ3n) is 5.29. The average Bonchev–Trinajstić information content (AvgIpc) is 2.87. The van der Waals surface area contributed by atoms with Crippen LogP contribution in [0.2, 0.25) is 0 Å². The Morgan fingerprint density at radius 1 is 0.972 bits per heavy atom. The zero-order valence-corrected chi connectivity index (χ0v) is 20.2. The lowest BCUT2D eigenvalue weighted by Gasteiger charge is -2.15. The normalized spacial score (nSPS) is 10.5. The summed E-state index contributed by atoms with van der Waals surface area (Å²) >= 11 is 1.73. The average molecular weight is 501 g/mol. The van der Waals surface area contributed by atoms with E-state index < -0.39 is 11.6 Å². The van der Waals surface area contributed by atoms with Crippen molar-refractivity contribution in [1.29, 1.82) is 5.26 Å². The number of halogens is 2. The molecule has 0 aliphatic carbocycles. The highest BCUT2D eigenvalue weighted by molar-refractivity contribution is 7.99. The molecule has 4 aromatic carbocycles. The molecule has 0 aromatic heterocycles. The van der Waals surface area contributed by atoms with Crippen molar-refractivity contribution in [2.75, 3.05) is 11.1 Å². The molecule has 1 amide bonds. The minimum Gasteiger partial charge on any atom is -0.457 e. The maximum absolute atomic E-state index is 13.9. The van der Waals surface area contributed by atoms with Crippen molar-refractivity contribution in [3.63, 3.8) is 0 Å². The Morgan fingerprint density at radius 2 is 1.78 bits per heavy atom. The van der Waals surface area contributed by atoms with Crippen LogP contribution in [-0.4, -0.2) is 11.7 Å². The van der Waals surface area contributed by atoms with Crippen LogP contribution in [0.3, 0.4) is 0 Å². The van der Waals surface area contributed by atoms with Gasteiger partial charge in [0.1, 0.15) is 11.5 Å². The van der Waals surface area contributed by atoms with E-state index in [1.807, 2.05) is 24.3 Å². The van der Waals surface area contributed by atoms with E-state index in [0.717, 1.165) is 28.3 Å². The Kier molecular flexibility index (Phi) is 7.99. The van der Waals surface area contributed by atoms with Gasteiger partial charge in [-0.05, 0) is 71.5 Å². The smallest absolute Gasteiger partial charge is 0.228 e. The van der Waals surface area contributed by atoms with E-state index in [0.29, 0.717) is 33.9 Å². The Balaban J connectivity index is 1.60. The minimum absolute atomic E-state index is 0.197. The molecule has 0 aliphatic rings. The predicted octanol–water partition coefficient (Wildman–Crippen LogP) is 7.59. The number of carbonyl (C=O) groups excluding carboxylic acids is 1. The highest BCUT2D eigenvalue weighted by Crippen LogP contribution is 2.36. The van der Waals surface area contributed by atoms with Crippen LogP contribution in [0.5, 0.6) is 11.5 Å². The van der Waals surface area contributed by atoms with Gasteiger partial charge in [-0.3, -0.25) is 4.79 Å². The van der Waals surface area contributed by atoms with Gasteiger partial charge in [-0.15, -0.1) is 11.8 Å². The lowest BCUT2D eigenvalue weighted by molar-refractivity contribution is -0.115. The van der Waals surface area contributed by atoms with E-state index in [2.05, 4.69) is 18.3 Å². The SMILES string of the molecule is CCSc1ccc(CC(=O)Nc2ccc(-c3ccc(F)c(F)c3)c(Oc3cccc(C#N)c3)c2)cc1. The molecule has 7 heteroatoms. The monoisotopic (exact) mass is 500 g/mol. The fourth-order valence-corrected chi connectivity index (χ4v) is 4.27. The molecule has 0 saturated carbocycles. The Morgan fingerprint density at radius 3 is 2.50 bits per heavy atom. The topological polar surface area (TPSA) is 62.1 Å². The number of thioether (sulfide) groups is 1. The predicted molar refractivity (Wildman–Crippen MR) is 138 cm³/mol. The van der Waals surface area contributed by atoms with Gasteiger partial charge in [0, 0.05) is 22.2 Å². The maximum Gasteiger partial charge on any atom is 0.228 e. The summed E-state index contributed by atoms with van der Waals surface area (Å²) in [6.45, 7) is 2.09. The quantitative estimate of drug-likeness (QED) is 0.253. The van der Waals surface area contributed by atoms with Crippen LogP contribution in [0.4, 0.5) is 14.5 Å². The third kappa shape index (κ3) is 6.29. The second-order valence-electron chi connectivity index (χ2n) is 7.88. The second-order valence-corrected chi connectivity index (χ2v) is 9.22. The molecule has 0 heterocycles. The molecular weight excluding hydrogens is 478 g/mol. The summed E-state index contributed by atoms with van der Waals surface area (Å²) in [7, 11) is 0. The van der Waals surface area contributed by atoms with Gasteiger partial charge in [-0.25, -0.2) is 8.78 Å². The first-order valence-electron chi connectivity index (χ1n) is 11.2. The van der Waals surface area contributed by atoms with Gasteiger partial charge < -0.3 is 10.1 Å². The van der Waals surface area contributed by atoms with Crippen LogP contribution < -0.4 is 10.1 Å². The van der Waals surface area contributed by atoms with Gasteiger partial charge in [0.25, 0.3) is 0 Å². The number of anilines is 1. The van der Waals surface area contributed by atoms with Crippen LogP contribution in [0, 0.1) is 23.0 Å². The van der Waals surface area contributed by atoms with Crippen molar-refractivity contribution >= 4 is 23.4 Å². The number of nitrogens with zero attached hydrogens (tertiary/aromatic N) is 1. The first-order valence-corrected chi connectivity index (χ1v) is 12.2. The second kappa shape index (κ2) is 11.5. The molecule has 0 atom stereocenters. The molecule has 0 saturated heterocycles. The van der Waals surface area contributed by atoms with Gasteiger partial charge in [0.05, 0.1) is 18.1 Å². The number of hydrogen-bond donors (Lipinski definition) is 1. The first kappa shape index (κ1) is 25.0. The molecule has 4 rings (SSSR count). The summed E-state index contributed by atoms with van der Waals surface area (Å²) in [5, 5.41) is 12.1. The first-order chi connectivity index (χ1) is 17.4. The number of hydrogen-bond acceptors (Lipinski definition) is 4. The van der Waals surface area contributed by atoms with Crippen LogP contribution in [0.1, 0.15) is 18.1 Å². The van der Waals surface area contributed by atoms with E-state index >= 15 is 0 Å². The van der Waals surface area contributed by atoms with E-state index in [4.69, 9.17) is 4.74 Å². The molecule has 1 N–H and O–H groups in total. The molecule has 0 fully saturated rings. The molecular formula is C29H22F2N2O2S. The minimum atomic E-state index is -0.981. The fourth-order valence-electron chi connectivity index (χ4n) is 3.60. The zero-order chi connectivity index (χ0) is 25.5.